The summed E-state index contributed by atoms with van der Waals surface area (Å²) in [5.41, 5.74) is 6.70. The van der Waals surface area contributed by atoms with Crippen LogP contribution in [0.4, 0.5) is 5.69 Å². The fourth-order valence-electron chi connectivity index (χ4n) is 1.60. The molecule has 0 aliphatic carbocycles. The average molecular weight is 351 g/mol. The molecule has 1 aromatic rings. The Bertz CT molecular complexity index is 546. The number of nitrogen functional groups attached to an aromatic ring is 1. The lowest BCUT2D eigenvalue weighted by Crippen LogP contribution is -2.27. The second-order valence-corrected chi connectivity index (χ2v) is 6.98. The molecule has 0 fully saturated rings. The van der Waals surface area contributed by atoms with Gasteiger partial charge in [0.1, 0.15) is 0 Å². The maximum atomic E-state index is 12.1. The van der Waals surface area contributed by atoms with Crippen molar-refractivity contribution in [1.82, 2.24) is 4.72 Å². The highest BCUT2D eigenvalue weighted by Gasteiger charge is 2.18. The number of anilines is 1. The van der Waals surface area contributed by atoms with Gasteiger partial charge in [-0.2, -0.15) is 0 Å². The molecule has 0 spiro atoms. The molecule has 0 amide bonds. The number of benzene rings is 1. The van der Waals surface area contributed by atoms with Gasteiger partial charge in [-0.25, -0.2) is 13.1 Å². The molecule has 1 aromatic carbocycles. The van der Waals surface area contributed by atoms with E-state index < -0.39 is 16.1 Å². The summed E-state index contributed by atoms with van der Waals surface area (Å²) in [6, 6.07) is 3.10. The second kappa shape index (κ2) is 6.69. The molecule has 1 rings (SSSR count). The van der Waals surface area contributed by atoms with Crippen LogP contribution in [-0.4, -0.2) is 26.2 Å². The number of hydrogen-bond acceptors (Lipinski definition) is 4. The van der Waals surface area contributed by atoms with E-state index in [4.69, 9.17) is 5.73 Å². The summed E-state index contributed by atoms with van der Waals surface area (Å²) in [7, 11) is -3.60. The van der Waals surface area contributed by atoms with Crippen molar-refractivity contribution in [3.63, 3.8) is 0 Å². The van der Waals surface area contributed by atoms with Crippen LogP contribution in [0.5, 0.6) is 0 Å². The first-order valence-electron chi connectivity index (χ1n) is 6.01. The highest BCUT2D eigenvalue weighted by atomic mass is 79.9. The van der Waals surface area contributed by atoms with Crippen LogP contribution in [0.3, 0.4) is 0 Å². The predicted octanol–water partition coefficient (Wildman–Crippen LogP) is 1.78. The van der Waals surface area contributed by atoms with Gasteiger partial charge in [0, 0.05) is 16.7 Å². The van der Waals surface area contributed by atoms with E-state index in [2.05, 4.69) is 20.7 Å². The zero-order valence-corrected chi connectivity index (χ0v) is 13.4. The number of sulfonamides is 1. The Balaban J connectivity index is 2.86. The van der Waals surface area contributed by atoms with Crippen LogP contribution in [0, 0.1) is 6.92 Å². The summed E-state index contributed by atoms with van der Waals surface area (Å²) in [6.45, 7) is 3.76. The molecule has 1 atom stereocenters. The fraction of sp³-hybridized carbons (Fsp3) is 0.500. The number of hydrogen-bond donors (Lipinski definition) is 3. The Kier molecular flexibility index (Phi) is 5.79. The summed E-state index contributed by atoms with van der Waals surface area (Å²) in [6.07, 6.45) is 0.506. The number of aryl methyl sites for hydroxylation is 1. The van der Waals surface area contributed by atoms with Crippen molar-refractivity contribution in [3.05, 3.63) is 22.2 Å². The molecule has 0 aromatic heterocycles. The fourth-order valence-corrected chi connectivity index (χ4v) is 3.36. The monoisotopic (exact) mass is 350 g/mol. The molecule has 0 aliphatic heterocycles. The molecule has 5 nitrogen and oxygen atoms in total. The van der Waals surface area contributed by atoms with Crippen molar-refractivity contribution in [2.75, 3.05) is 12.3 Å². The quantitative estimate of drug-likeness (QED) is 0.681. The van der Waals surface area contributed by atoms with Crippen LogP contribution >= 0.6 is 15.9 Å². The summed E-state index contributed by atoms with van der Waals surface area (Å²) >= 11 is 3.25. The van der Waals surface area contributed by atoms with Gasteiger partial charge in [-0.05, 0) is 53.4 Å². The third-order valence-electron chi connectivity index (χ3n) is 2.82. The molecule has 0 bridgehead atoms. The minimum absolute atomic E-state index is 0.166. The van der Waals surface area contributed by atoms with E-state index >= 15 is 0 Å². The Hall–Kier alpha value is -0.630. The van der Waals surface area contributed by atoms with Crippen LogP contribution in [0.25, 0.3) is 0 Å². The molecular weight excluding hydrogens is 332 g/mol. The van der Waals surface area contributed by atoms with Crippen LogP contribution in [0.1, 0.15) is 25.3 Å². The first-order valence-corrected chi connectivity index (χ1v) is 8.29. The van der Waals surface area contributed by atoms with Gasteiger partial charge in [-0.1, -0.05) is 6.92 Å². The van der Waals surface area contributed by atoms with E-state index in [-0.39, 0.29) is 11.4 Å². The van der Waals surface area contributed by atoms with Gasteiger partial charge < -0.3 is 10.8 Å². The van der Waals surface area contributed by atoms with Crippen LogP contribution in [0.15, 0.2) is 21.5 Å². The van der Waals surface area contributed by atoms with Gasteiger partial charge in [-0.3, -0.25) is 0 Å². The van der Waals surface area contributed by atoms with Crippen molar-refractivity contribution in [1.29, 1.82) is 0 Å². The molecule has 0 saturated carbocycles. The standard InChI is InChI=1S/C12H19BrN2O3S/c1-3-9(16)4-5-15-19(17,18)12-7-11(14)10(13)6-8(12)2/h6-7,9,15-16H,3-5,14H2,1-2H3. The minimum Gasteiger partial charge on any atom is -0.398 e. The van der Waals surface area contributed by atoms with E-state index in [1.54, 1.807) is 13.0 Å². The number of halogens is 1. The Labute approximate surface area is 122 Å². The Morgan fingerprint density at radius 1 is 1.47 bits per heavy atom. The Morgan fingerprint density at radius 2 is 2.11 bits per heavy atom. The van der Waals surface area contributed by atoms with Crippen LogP contribution < -0.4 is 10.5 Å². The van der Waals surface area contributed by atoms with E-state index in [1.807, 2.05) is 6.92 Å². The van der Waals surface area contributed by atoms with E-state index in [9.17, 15) is 13.5 Å². The zero-order valence-electron chi connectivity index (χ0n) is 11.0. The third kappa shape index (κ3) is 4.45. The highest BCUT2D eigenvalue weighted by molar-refractivity contribution is 9.10. The lowest BCUT2D eigenvalue weighted by atomic mass is 10.2. The maximum absolute atomic E-state index is 12.1. The first kappa shape index (κ1) is 16.4. The van der Waals surface area contributed by atoms with Gasteiger partial charge in [0.25, 0.3) is 0 Å². The normalized spacial score (nSPS) is 13.5. The van der Waals surface area contributed by atoms with Crippen molar-refractivity contribution < 1.29 is 13.5 Å². The smallest absolute Gasteiger partial charge is 0.240 e. The largest absolute Gasteiger partial charge is 0.398 e. The summed E-state index contributed by atoms with van der Waals surface area (Å²) in [4.78, 5) is 0.166. The highest BCUT2D eigenvalue weighted by Crippen LogP contribution is 2.26. The van der Waals surface area contributed by atoms with Gasteiger partial charge in [0.2, 0.25) is 10.0 Å². The minimum atomic E-state index is -3.60. The lowest BCUT2D eigenvalue weighted by molar-refractivity contribution is 0.162. The molecule has 0 radical (unpaired) electrons. The van der Waals surface area contributed by atoms with Gasteiger partial charge >= 0.3 is 0 Å². The molecular formula is C12H19BrN2O3S. The van der Waals surface area contributed by atoms with Crippen molar-refractivity contribution in [2.45, 2.75) is 37.7 Å². The van der Waals surface area contributed by atoms with Crippen LogP contribution in [0.2, 0.25) is 0 Å². The number of nitrogens with two attached hydrogens (primary N) is 1. The van der Waals surface area contributed by atoms with E-state index in [0.29, 0.717) is 28.6 Å². The third-order valence-corrected chi connectivity index (χ3v) is 5.11. The summed E-state index contributed by atoms with van der Waals surface area (Å²) in [5.74, 6) is 0. The number of aliphatic hydroxyl groups is 1. The average Bonchev–Trinajstić information content (AvgIpc) is 2.33. The SMILES string of the molecule is CCC(O)CCNS(=O)(=O)c1cc(N)c(Br)cc1C. The number of aliphatic hydroxyl groups excluding tert-OH is 1. The zero-order chi connectivity index (χ0) is 14.6. The van der Waals surface area contributed by atoms with Crippen molar-refractivity contribution in [3.8, 4) is 0 Å². The maximum Gasteiger partial charge on any atom is 0.240 e. The second-order valence-electron chi connectivity index (χ2n) is 4.39. The molecule has 108 valence electrons. The molecule has 1 unspecified atom stereocenters. The number of nitrogens with one attached hydrogen (secondary N) is 1. The molecule has 0 aliphatic rings. The Morgan fingerprint density at radius 3 is 2.68 bits per heavy atom. The molecule has 19 heavy (non-hydrogen) atoms. The topological polar surface area (TPSA) is 92.4 Å². The molecule has 7 heteroatoms. The van der Waals surface area contributed by atoms with Gasteiger partial charge in [0.05, 0.1) is 11.0 Å². The van der Waals surface area contributed by atoms with E-state index in [0.717, 1.165) is 0 Å². The van der Waals surface area contributed by atoms with E-state index in [1.165, 1.54) is 6.07 Å². The summed E-state index contributed by atoms with van der Waals surface area (Å²) < 4.78 is 27.4. The van der Waals surface area contributed by atoms with Gasteiger partial charge in [-0.15, -0.1) is 0 Å². The van der Waals surface area contributed by atoms with Gasteiger partial charge in [0.15, 0.2) is 0 Å². The number of rotatable bonds is 6. The summed E-state index contributed by atoms with van der Waals surface area (Å²) in [5, 5.41) is 9.40. The van der Waals surface area contributed by atoms with Crippen LogP contribution in [-0.2, 0) is 10.0 Å². The van der Waals surface area contributed by atoms with Crippen molar-refractivity contribution >= 4 is 31.6 Å². The lowest BCUT2D eigenvalue weighted by Gasteiger charge is -2.12. The molecule has 0 saturated heterocycles. The predicted molar refractivity (Wildman–Crippen MR) is 79.4 cm³/mol. The van der Waals surface area contributed by atoms with Crippen molar-refractivity contribution in [2.24, 2.45) is 0 Å². The first-order chi connectivity index (χ1) is 8.77. The molecule has 0 heterocycles. The molecule has 4 N–H and O–H groups in total.